The third kappa shape index (κ3) is 4.22. The Balaban J connectivity index is 2.32. The average molecular weight is 205 g/mol. The molecule has 1 rings (SSSR count). The summed E-state index contributed by atoms with van der Waals surface area (Å²) in [6, 6.07) is 0. The minimum absolute atomic E-state index is 0.0467. The van der Waals surface area contributed by atoms with Gasteiger partial charge in [-0.25, -0.2) is 9.13 Å². The second-order valence-corrected chi connectivity index (χ2v) is 4.84. The summed E-state index contributed by atoms with van der Waals surface area (Å²) in [4.78, 5) is 17.2. The number of nitrogens with zero attached hydrogens (tertiary/aromatic N) is 2. The molecule has 0 unspecified atom stereocenters. The number of aromatic nitrogens is 2. The van der Waals surface area contributed by atoms with E-state index in [9.17, 15) is 4.57 Å². The molecule has 0 spiro atoms. The Hall–Kier alpha value is -0.640. The summed E-state index contributed by atoms with van der Waals surface area (Å²) in [5, 5.41) is 0. The van der Waals surface area contributed by atoms with E-state index in [4.69, 9.17) is 9.79 Å². The van der Waals surface area contributed by atoms with Crippen molar-refractivity contribution in [1.29, 1.82) is 0 Å². The van der Waals surface area contributed by atoms with Gasteiger partial charge >= 0.3 is 7.60 Å². The van der Waals surface area contributed by atoms with Crippen molar-refractivity contribution in [3.8, 4) is 0 Å². The highest BCUT2D eigenvalue weighted by atomic mass is 31.2. The van der Waals surface area contributed by atoms with Crippen molar-refractivity contribution in [3.63, 3.8) is 0 Å². The Labute approximate surface area is 76.8 Å². The van der Waals surface area contributed by atoms with Gasteiger partial charge in [0.2, 0.25) is 6.33 Å². The van der Waals surface area contributed by atoms with Crippen molar-refractivity contribution in [2.24, 2.45) is 7.05 Å². The van der Waals surface area contributed by atoms with E-state index in [2.05, 4.69) is 0 Å². The lowest BCUT2D eigenvalue weighted by atomic mass is 10.5. The number of rotatable bonds is 4. The van der Waals surface area contributed by atoms with Crippen LogP contribution in [0.4, 0.5) is 0 Å². The lowest BCUT2D eigenvalue weighted by molar-refractivity contribution is -0.671. The standard InChI is InChI=1S/C7H13N2O3P/c1-8-4-5-9(7-8)3-2-6-13(10,11)12/h4-5,7H,2-3,6H2,1H3,(H-,10,11,12)/p+1. The van der Waals surface area contributed by atoms with Gasteiger partial charge in [-0.3, -0.25) is 4.57 Å². The summed E-state index contributed by atoms with van der Waals surface area (Å²) in [5.41, 5.74) is 0. The van der Waals surface area contributed by atoms with Gasteiger partial charge in [0.1, 0.15) is 12.4 Å². The predicted molar refractivity (Wildman–Crippen MR) is 47.1 cm³/mol. The minimum Gasteiger partial charge on any atom is -0.324 e. The molecule has 1 aromatic rings. The Morgan fingerprint density at radius 3 is 2.69 bits per heavy atom. The molecule has 0 aliphatic rings. The van der Waals surface area contributed by atoms with Gasteiger partial charge in [-0.2, -0.15) is 0 Å². The van der Waals surface area contributed by atoms with Crippen molar-refractivity contribution in [2.75, 3.05) is 6.16 Å². The van der Waals surface area contributed by atoms with Crippen molar-refractivity contribution < 1.29 is 18.9 Å². The Morgan fingerprint density at radius 2 is 2.23 bits per heavy atom. The number of imidazole rings is 1. The molecule has 74 valence electrons. The van der Waals surface area contributed by atoms with E-state index >= 15 is 0 Å². The first kappa shape index (κ1) is 10.4. The molecule has 0 aliphatic carbocycles. The molecule has 0 fully saturated rings. The van der Waals surface area contributed by atoms with Crippen molar-refractivity contribution in [2.45, 2.75) is 13.0 Å². The molecule has 1 heterocycles. The molecule has 0 bridgehead atoms. The molecule has 1 aromatic heterocycles. The highest BCUT2D eigenvalue weighted by molar-refractivity contribution is 7.51. The zero-order chi connectivity index (χ0) is 9.90. The molecule has 0 saturated carbocycles. The van der Waals surface area contributed by atoms with Gasteiger partial charge in [-0.15, -0.1) is 0 Å². The molecule has 5 nitrogen and oxygen atoms in total. The van der Waals surface area contributed by atoms with E-state index in [1.54, 1.807) is 0 Å². The van der Waals surface area contributed by atoms with E-state index in [1.165, 1.54) is 0 Å². The molecule has 0 saturated heterocycles. The SMILES string of the molecule is C[n+]1ccn(CCCP(=O)(O)O)c1. The normalized spacial score (nSPS) is 11.9. The van der Waals surface area contributed by atoms with Crippen LogP contribution in [0.1, 0.15) is 6.42 Å². The third-order valence-electron chi connectivity index (χ3n) is 1.69. The van der Waals surface area contributed by atoms with Gasteiger partial charge in [-0.05, 0) is 6.42 Å². The third-order valence-corrected chi connectivity index (χ3v) is 2.59. The quantitative estimate of drug-likeness (QED) is 0.532. The fraction of sp³-hybridized carbons (Fsp3) is 0.571. The maximum atomic E-state index is 10.5. The van der Waals surface area contributed by atoms with E-state index in [0.29, 0.717) is 13.0 Å². The van der Waals surface area contributed by atoms with Crippen LogP contribution in [0.25, 0.3) is 0 Å². The number of hydrogen-bond donors (Lipinski definition) is 2. The van der Waals surface area contributed by atoms with Crippen LogP contribution in [0.5, 0.6) is 0 Å². The maximum absolute atomic E-state index is 10.5. The topological polar surface area (TPSA) is 66.3 Å². The van der Waals surface area contributed by atoms with E-state index in [1.807, 2.05) is 34.9 Å². The highest BCUT2D eigenvalue weighted by Gasteiger charge is 2.12. The summed E-state index contributed by atoms with van der Waals surface area (Å²) < 4.78 is 14.3. The van der Waals surface area contributed by atoms with Crippen LogP contribution < -0.4 is 4.57 Å². The van der Waals surface area contributed by atoms with Crippen molar-refractivity contribution in [1.82, 2.24) is 4.57 Å². The first-order valence-corrected chi connectivity index (χ1v) is 5.83. The number of aryl methyl sites for hydroxylation is 2. The fourth-order valence-electron chi connectivity index (χ4n) is 1.09. The van der Waals surface area contributed by atoms with E-state index in [0.717, 1.165) is 0 Å². The van der Waals surface area contributed by atoms with Crippen LogP contribution >= 0.6 is 7.60 Å². The lowest BCUT2D eigenvalue weighted by Crippen LogP contribution is -2.23. The van der Waals surface area contributed by atoms with Crippen LogP contribution in [0.15, 0.2) is 18.7 Å². The largest absolute Gasteiger partial charge is 0.325 e. The van der Waals surface area contributed by atoms with Crippen LogP contribution in [0, 0.1) is 0 Å². The first-order valence-electron chi connectivity index (χ1n) is 4.03. The Kier molecular flexibility index (Phi) is 3.25. The molecule has 0 radical (unpaired) electrons. The fourth-order valence-corrected chi connectivity index (χ4v) is 1.65. The monoisotopic (exact) mass is 205 g/mol. The Bertz CT molecular complexity index is 317. The van der Waals surface area contributed by atoms with Gasteiger partial charge in [0.05, 0.1) is 19.8 Å². The van der Waals surface area contributed by atoms with Gasteiger partial charge in [-0.1, -0.05) is 0 Å². The molecule has 0 amide bonds. The second kappa shape index (κ2) is 4.05. The highest BCUT2D eigenvalue weighted by Crippen LogP contribution is 2.34. The van der Waals surface area contributed by atoms with E-state index < -0.39 is 7.60 Å². The van der Waals surface area contributed by atoms with Gasteiger partial charge in [0.25, 0.3) is 0 Å². The van der Waals surface area contributed by atoms with Crippen LogP contribution in [0.3, 0.4) is 0 Å². The van der Waals surface area contributed by atoms with E-state index in [-0.39, 0.29) is 6.16 Å². The summed E-state index contributed by atoms with van der Waals surface area (Å²) in [6.45, 7) is 0.645. The second-order valence-electron chi connectivity index (χ2n) is 3.06. The van der Waals surface area contributed by atoms with Crippen LogP contribution in [0.2, 0.25) is 0 Å². The maximum Gasteiger partial charge on any atom is 0.325 e. The summed E-state index contributed by atoms with van der Waals surface area (Å²) in [7, 11) is -1.91. The summed E-state index contributed by atoms with van der Waals surface area (Å²) in [5.74, 6) is 0. The van der Waals surface area contributed by atoms with Crippen molar-refractivity contribution in [3.05, 3.63) is 18.7 Å². The molecule has 0 aromatic carbocycles. The minimum atomic E-state index is -3.82. The number of hydrogen-bond acceptors (Lipinski definition) is 1. The predicted octanol–water partition coefficient (Wildman–Crippen LogP) is -0.120. The van der Waals surface area contributed by atoms with Crippen molar-refractivity contribution >= 4 is 7.60 Å². The molecular weight excluding hydrogens is 191 g/mol. The molecule has 13 heavy (non-hydrogen) atoms. The molecule has 0 atom stereocenters. The summed E-state index contributed by atoms with van der Waals surface area (Å²) >= 11 is 0. The lowest BCUT2D eigenvalue weighted by Gasteiger charge is -2.00. The van der Waals surface area contributed by atoms with Crippen LogP contribution in [-0.2, 0) is 18.2 Å². The van der Waals surface area contributed by atoms with Gasteiger partial charge in [0.15, 0.2) is 0 Å². The average Bonchev–Trinajstić information content (AvgIpc) is 2.33. The smallest absolute Gasteiger partial charge is 0.324 e. The zero-order valence-corrected chi connectivity index (χ0v) is 8.39. The molecule has 0 aliphatic heterocycles. The van der Waals surface area contributed by atoms with Crippen LogP contribution in [-0.4, -0.2) is 20.5 Å². The Morgan fingerprint density at radius 1 is 1.54 bits per heavy atom. The summed E-state index contributed by atoms with van der Waals surface area (Å²) in [6.07, 6.45) is 6.09. The zero-order valence-electron chi connectivity index (χ0n) is 7.50. The van der Waals surface area contributed by atoms with Gasteiger partial charge < -0.3 is 9.79 Å². The molecular formula is C7H14N2O3P+. The van der Waals surface area contributed by atoms with Gasteiger partial charge in [0, 0.05) is 0 Å². The molecule has 2 N–H and O–H groups in total. The molecule has 6 heteroatoms. The first-order chi connectivity index (χ1) is 5.97.